The van der Waals surface area contributed by atoms with Crippen molar-refractivity contribution in [3.05, 3.63) is 18.2 Å². The van der Waals surface area contributed by atoms with E-state index in [4.69, 9.17) is 13.9 Å². The molecule has 1 aromatic carbocycles. The van der Waals surface area contributed by atoms with Crippen molar-refractivity contribution >= 4 is 6.01 Å². The Morgan fingerprint density at radius 1 is 1.00 bits per heavy atom. The zero-order valence-electron chi connectivity index (χ0n) is 12.8. The summed E-state index contributed by atoms with van der Waals surface area (Å²) in [5.41, 5.74) is 0.793. The van der Waals surface area contributed by atoms with Gasteiger partial charge in [0.1, 0.15) is 0 Å². The summed E-state index contributed by atoms with van der Waals surface area (Å²) in [4.78, 5) is 4.77. The van der Waals surface area contributed by atoms with Gasteiger partial charge in [0.15, 0.2) is 11.5 Å². The number of hydrogen-bond donors (Lipinski definition) is 0. The number of piperidine rings is 1. The van der Waals surface area contributed by atoms with Gasteiger partial charge in [0.25, 0.3) is 5.89 Å². The normalized spacial score (nSPS) is 25.7. The highest BCUT2D eigenvalue weighted by molar-refractivity contribution is 5.68. The molecule has 3 fully saturated rings. The predicted octanol–water partition coefficient (Wildman–Crippen LogP) is 1.75. The van der Waals surface area contributed by atoms with Crippen molar-refractivity contribution in [2.75, 3.05) is 37.9 Å². The van der Waals surface area contributed by atoms with Crippen LogP contribution in [0.2, 0.25) is 0 Å². The maximum absolute atomic E-state index is 5.99. The summed E-state index contributed by atoms with van der Waals surface area (Å²) in [5, 5.41) is 8.54. The Kier molecular flexibility index (Phi) is 2.94. The van der Waals surface area contributed by atoms with E-state index in [1.165, 1.54) is 13.1 Å². The van der Waals surface area contributed by atoms with Crippen molar-refractivity contribution in [1.29, 1.82) is 0 Å². The third kappa shape index (κ3) is 2.15. The van der Waals surface area contributed by atoms with Gasteiger partial charge in [-0.2, -0.15) is 0 Å². The van der Waals surface area contributed by atoms with E-state index in [1.54, 1.807) is 0 Å². The minimum Gasteiger partial charge on any atom is -0.454 e. The summed E-state index contributed by atoms with van der Waals surface area (Å²) in [6.45, 7) is 4.57. The van der Waals surface area contributed by atoms with Crippen LogP contribution in [-0.4, -0.2) is 54.1 Å². The first-order valence-electron chi connectivity index (χ1n) is 8.10. The molecular weight excluding hydrogens is 296 g/mol. The summed E-state index contributed by atoms with van der Waals surface area (Å²) in [6, 6.07) is 6.83. The molecule has 0 atom stereocenters. The van der Waals surface area contributed by atoms with Gasteiger partial charge in [-0.3, -0.25) is 0 Å². The number of hydrogen-bond acceptors (Lipinski definition) is 7. The Balaban J connectivity index is 1.48. The molecule has 7 heteroatoms. The molecule has 23 heavy (non-hydrogen) atoms. The first kappa shape index (κ1) is 13.2. The summed E-state index contributed by atoms with van der Waals surface area (Å²) in [7, 11) is 0. The summed E-state index contributed by atoms with van der Waals surface area (Å²) in [6.07, 6.45) is 2.32. The molecular formula is C16H18N4O3. The van der Waals surface area contributed by atoms with Crippen molar-refractivity contribution in [2.24, 2.45) is 0 Å². The van der Waals surface area contributed by atoms with Crippen LogP contribution >= 0.6 is 0 Å². The van der Waals surface area contributed by atoms with Crippen LogP contribution in [0.25, 0.3) is 11.5 Å². The van der Waals surface area contributed by atoms with Gasteiger partial charge in [-0.1, -0.05) is 11.2 Å². The van der Waals surface area contributed by atoms with Gasteiger partial charge < -0.3 is 23.7 Å². The standard InChI is InChI=1S/C16H18N4O3/c1-2-12(14-13(3-1)21-10-22-14)15-17-18-16(23-15)20-9-8-19-6-4-11(20)5-7-19/h1-3,11H,4-10H2. The highest BCUT2D eigenvalue weighted by atomic mass is 16.7. The SMILES string of the molecule is c1cc2c(c(-c3nnc(N4CCN5CCC4CC5)o3)c1)OCO2. The second-order valence-electron chi connectivity index (χ2n) is 6.20. The molecule has 2 aromatic rings. The van der Waals surface area contributed by atoms with Gasteiger partial charge in [-0.05, 0) is 25.0 Å². The molecule has 120 valence electrons. The minimum absolute atomic E-state index is 0.234. The van der Waals surface area contributed by atoms with E-state index >= 15 is 0 Å². The van der Waals surface area contributed by atoms with Crippen molar-refractivity contribution in [3.8, 4) is 23.0 Å². The molecule has 6 rings (SSSR count). The highest BCUT2D eigenvalue weighted by Gasteiger charge is 2.32. The summed E-state index contributed by atoms with van der Waals surface area (Å²) < 4.78 is 16.9. The smallest absolute Gasteiger partial charge is 0.318 e. The number of rotatable bonds is 2. The Morgan fingerprint density at radius 2 is 1.91 bits per heavy atom. The zero-order valence-corrected chi connectivity index (χ0v) is 12.8. The Bertz CT molecular complexity index is 724. The highest BCUT2D eigenvalue weighted by Crippen LogP contribution is 2.41. The van der Waals surface area contributed by atoms with Gasteiger partial charge in [-0.15, -0.1) is 5.10 Å². The molecule has 0 spiro atoms. The number of anilines is 1. The lowest BCUT2D eigenvalue weighted by molar-refractivity contribution is 0.174. The molecule has 3 saturated heterocycles. The van der Waals surface area contributed by atoms with E-state index in [9.17, 15) is 0 Å². The lowest BCUT2D eigenvalue weighted by atomic mass is 10.1. The van der Waals surface area contributed by atoms with Crippen LogP contribution in [0.4, 0.5) is 6.01 Å². The molecule has 2 bridgehead atoms. The van der Waals surface area contributed by atoms with E-state index in [-0.39, 0.29) is 6.79 Å². The number of aromatic nitrogens is 2. The Morgan fingerprint density at radius 3 is 2.83 bits per heavy atom. The van der Waals surface area contributed by atoms with Crippen LogP contribution in [0, 0.1) is 0 Å². The van der Waals surface area contributed by atoms with Crippen LogP contribution in [0.1, 0.15) is 12.8 Å². The lowest BCUT2D eigenvalue weighted by Crippen LogP contribution is -2.38. The second kappa shape index (κ2) is 5.13. The maximum atomic E-state index is 5.99. The molecule has 0 unspecified atom stereocenters. The Labute approximate surface area is 133 Å². The number of para-hydroxylation sites is 1. The maximum Gasteiger partial charge on any atom is 0.318 e. The number of ether oxygens (including phenoxy) is 2. The number of benzene rings is 1. The quantitative estimate of drug-likeness (QED) is 0.836. The van der Waals surface area contributed by atoms with Gasteiger partial charge in [-0.25, -0.2) is 0 Å². The fourth-order valence-electron chi connectivity index (χ4n) is 3.68. The van der Waals surface area contributed by atoms with Gasteiger partial charge in [0.05, 0.1) is 5.56 Å². The van der Waals surface area contributed by atoms with Crippen LogP contribution < -0.4 is 14.4 Å². The molecule has 0 amide bonds. The van der Waals surface area contributed by atoms with Gasteiger partial charge >= 0.3 is 6.01 Å². The van der Waals surface area contributed by atoms with E-state index < -0.39 is 0 Å². The van der Waals surface area contributed by atoms with Gasteiger partial charge in [0, 0.05) is 32.2 Å². The largest absolute Gasteiger partial charge is 0.454 e. The van der Waals surface area contributed by atoms with Crippen molar-refractivity contribution in [3.63, 3.8) is 0 Å². The molecule has 4 aliphatic rings. The fourth-order valence-corrected chi connectivity index (χ4v) is 3.68. The van der Waals surface area contributed by atoms with E-state index in [0.29, 0.717) is 23.7 Å². The van der Waals surface area contributed by atoms with E-state index in [1.807, 2.05) is 18.2 Å². The fraction of sp³-hybridized carbons (Fsp3) is 0.500. The molecule has 0 N–H and O–H groups in total. The van der Waals surface area contributed by atoms with Crippen molar-refractivity contribution < 1.29 is 13.9 Å². The van der Waals surface area contributed by atoms with Crippen molar-refractivity contribution in [2.45, 2.75) is 18.9 Å². The summed E-state index contributed by atoms with van der Waals surface area (Å²) in [5.74, 6) is 1.90. The van der Waals surface area contributed by atoms with Crippen LogP contribution in [0.5, 0.6) is 11.5 Å². The average molecular weight is 314 g/mol. The topological polar surface area (TPSA) is 63.9 Å². The third-order valence-corrected chi connectivity index (χ3v) is 4.94. The average Bonchev–Trinajstić information content (AvgIpc) is 3.17. The van der Waals surface area contributed by atoms with E-state index in [2.05, 4.69) is 20.0 Å². The molecule has 7 nitrogen and oxygen atoms in total. The molecule has 0 radical (unpaired) electrons. The number of fused-ring (bicyclic) bond motifs is 5. The van der Waals surface area contributed by atoms with Crippen molar-refractivity contribution in [1.82, 2.24) is 15.1 Å². The number of nitrogens with zero attached hydrogens (tertiary/aromatic N) is 4. The van der Waals surface area contributed by atoms with Crippen LogP contribution in [0.3, 0.4) is 0 Å². The van der Waals surface area contributed by atoms with Crippen LogP contribution in [-0.2, 0) is 0 Å². The molecule has 5 heterocycles. The first-order chi connectivity index (χ1) is 11.4. The van der Waals surface area contributed by atoms with Gasteiger partial charge in [0.2, 0.25) is 6.79 Å². The monoisotopic (exact) mass is 314 g/mol. The molecule has 0 aliphatic carbocycles. The second-order valence-corrected chi connectivity index (χ2v) is 6.20. The molecule has 0 saturated carbocycles. The minimum atomic E-state index is 0.234. The van der Waals surface area contributed by atoms with Crippen LogP contribution in [0.15, 0.2) is 22.6 Å². The predicted molar refractivity (Wildman–Crippen MR) is 82.7 cm³/mol. The van der Waals surface area contributed by atoms with E-state index in [0.717, 1.165) is 37.2 Å². The molecule has 1 aromatic heterocycles. The molecule has 4 aliphatic heterocycles. The lowest BCUT2D eigenvalue weighted by Gasteiger charge is -2.29. The zero-order chi connectivity index (χ0) is 15.2. The Hall–Kier alpha value is -2.28. The first-order valence-corrected chi connectivity index (χ1v) is 8.10. The summed E-state index contributed by atoms with van der Waals surface area (Å²) >= 11 is 0. The third-order valence-electron chi connectivity index (χ3n) is 4.94.